The third-order valence-electron chi connectivity index (χ3n) is 2.22. The molecular weight excluding hydrogens is 172 g/mol. The van der Waals surface area contributed by atoms with E-state index in [2.05, 4.69) is 4.74 Å². The minimum absolute atomic E-state index is 0.0118. The second-order valence-corrected chi connectivity index (χ2v) is 3.22. The van der Waals surface area contributed by atoms with Crippen LogP contribution in [0.25, 0.3) is 0 Å². The lowest BCUT2D eigenvalue weighted by molar-refractivity contribution is -0.179. The third-order valence-corrected chi connectivity index (χ3v) is 2.22. The predicted octanol–water partition coefficient (Wildman–Crippen LogP) is 1.24. The molecule has 1 aliphatic rings. The quantitative estimate of drug-likeness (QED) is 0.376. The molecule has 1 aliphatic carbocycles. The normalized spacial score (nSPS) is 19.5. The van der Waals surface area contributed by atoms with E-state index in [-0.39, 0.29) is 18.4 Å². The third kappa shape index (κ3) is 3.05. The Morgan fingerprint density at radius 3 is 2.62 bits per heavy atom. The van der Waals surface area contributed by atoms with Gasteiger partial charge in [0.05, 0.1) is 5.92 Å². The van der Waals surface area contributed by atoms with Crippen LogP contribution in [0.15, 0.2) is 0 Å². The Balaban J connectivity index is 2.26. The molecule has 1 fully saturated rings. The van der Waals surface area contributed by atoms with Crippen LogP contribution in [-0.4, -0.2) is 18.7 Å². The van der Waals surface area contributed by atoms with E-state index in [0.717, 1.165) is 25.7 Å². The van der Waals surface area contributed by atoms with E-state index in [1.165, 1.54) is 6.92 Å². The Hall–Kier alpha value is -1.06. The summed E-state index contributed by atoms with van der Waals surface area (Å²) in [5, 5.41) is 0. The molecule has 0 aliphatic heterocycles. The van der Waals surface area contributed by atoms with Crippen LogP contribution in [-0.2, 0) is 19.1 Å². The zero-order valence-corrected chi connectivity index (χ0v) is 7.69. The SMILES string of the molecule is CC(OC=O)OC(=O)C1CCCC1. The van der Waals surface area contributed by atoms with E-state index in [4.69, 9.17) is 4.74 Å². The van der Waals surface area contributed by atoms with Crippen LogP contribution in [0.3, 0.4) is 0 Å². The summed E-state index contributed by atoms with van der Waals surface area (Å²) in [4.78, 5) is 21.2. The van der Waals surface area contributed by atoms with Crippen LogP contribution in [0.2, 0.25) is 0 Å². The smallest absolute Gasteiger partial charge is 0.311 e. The van der Waals surface area contributed by atoms with Gasteiger partial charge in [0.1, 0.15) is 0 Å². The molecule has 1 atom stereocenters. The van der Waals surface area contributed by atoms with E-state index in [0.29, 0.717) is 0 Å². The molecule has 0 N–H and O–H groups in total. The minimum atomic E-state index is -0.759. The molecule has 0 spiro atoms. The number of rotatable bonds is 4. The summed E-state index contributed by atoms with van der Waals surface area (Å²) in [6.07, 6.45) is 3.20. The van der Waals surface area contributed by atoms with Gasteiger partial charge in [0, 0.05) is 6.92 Å². The molecule has 0 aromatic rings. The molecule has 1 unspecified atom stereocenters. The van der Waals surface area contributed by atoms with Crippen molar-refractivity contribution in [3.8, 4) is 0 Å². The standard InChI is InChI=1S/C9H14O4/c1-7(12-6-10)13-9(11)8-4-2-3-5-8/h6-8H,2-5H2,1H3. The Bertz CT molecular complexity index is 184. The van der Waals surface area contributed by atoms with Crippen LogP contribution in [0, 0.1) is 5.92 Å². The van der Waals surface area contributed by atoms with Crippen LogP contribution in [0.4, 0.5) is 0 Å². The summed E-state index contributed by atoms with van der Waals surface area (Å²) in [5.41, 5.74) is 0. The van der Waals surface area contributed by atoms with E-state index >= 15 is 0 Å². The van der Waals surface area contributed by atoms with Gasteiger partial charge in [0.15, 0.2) is 0 Å². The van der Waals surface area contributed by atoms with E-state index in [9.17, 15) is 9.59 Å². The molecule has 0 aromatic carbocycles. The summed E-state index contributed by atoms with van der Waals surface area (Å²) in [5.74, 6) is -0.232. The van der Waals surface area contributed by atoms with Crippen LogP contribution < -0.4 is 0 Å². The Morgan fingerprint density at radius 1 is 1.46 bits per heavy atom. The molecule has 1 rings (SSSR count). The zero-order valence-electron chi connectivity index (χ0n) is 7.69. The molecule has 1 saturated carbocycles. The van der Waals surface area contributed by atoms with Crippen molar-refractivity contribution in [3.05, 3.63) is 0 Å². The van der Waals surface area contributed by atoms with Gasteiger partial charge in [-0.25, -0.2) is 0 Å². The lowest BCUT2D eigenvalue weighted by Crippen LogP contribution is -2.22. The summed E-state index contributed by atoms with van der Waals surface area (Å²) in [6, 6.07) is 0. The monoisotopic (exact) mass is 186 g/mol. The second-order valence-electron chi connectivity index (χ2n) is 3.22. The average molecular weight is 186 g/mol. The first-order valence-electron chi connectivity index (χ1n) is 4.53. The highest BCUT2D eigenvalue weighted by Crippen LogP contribution is 2.26. The highest BCUT2D eigenvalue weighted by molar-refractivity contribution is 5.72. The summed E-state index contributed by atoms with van der Waals surface area (Å²) in [6.45, 7) is 1.81. The van der Waals surface area contributed by atoms with Gasteiger partial charge in [-0.3, -0.25) is 9.59 Å². The van der Waals surface area contributed by atoms with Crippen molar-refractivity contribution in [1.82, 2.24) is 0 Å². The lowest BCUT2D eigenvalue weighted by atomic mass is 10.1. The number of esters is 1. The molecule has 13 heavy (non-hydrogen) atoms. The van der Waals surface area contributed by atoms with E-state index < -0.39 is 6.29 Å². The summed E-state index contributed by atoms with van der Waals surface area (Å²) in [7, 11) is 0. The van der Waals surface area contributed by atoms with Gasteiger partial charge in [-0.2, -0.15) is 0 Å². The topological polar surface area (TPSA) is 52.6 Å². The lowest BCUT2D eigenvalue weighted by Gasteiger charge is -2.13. The van der Waals surface area contributed by atoms with Crippen molar-refractivity contribution in [2.75, 3.05) is 0 Å². The average Bonchev–Trinajstić information content (AvgIpc) is 2.55. The highest BCUT2D eigenvalue weighted by Gasteiger charge is 2.25. The van der Waals surface area contributed by atoms with Crippen molar-refractivity contribution < 1.29 is 19.1 Å². The molecule has 0 heterocycles. The highest BCUT2D eigenvalue weighted by atomic mass is 16.7. The summed E-state index contributed by atoms with van der Waals surface area (Å²) >= 11 is 0. The zero-order chi connectivity index (χ0) is 9.68. The maximum absolute atomic E-state index is 11.3. The minimum Gasteiger partial charge on any atom is -0.428 e. The largest absolute Gasteiger partial charge is 0.428 e. The fraction of sp³-hybridized carbons (Fsp3) is 0.778. The number of ether oxygens (including phenoxy) is 2. The van der Waals surface area contributed by atoms with Gasteiger partial charge >= 0.3 is 5.97 Å². The van der Waals surface area contributed by atoms with Crippen molar-refractivity contribution >= 4 is 12.4 Å². The van der Waals surface area contributed by atoms with Gasteiger partial charge in [-0.05, 0) is 12.8 Å². The maximum Gasteiger partial charge on any atom is 0.311 e. The van der Waals surface area contributed by atoms with Gasteiger partial charge in [-0.15, -0.1) is 0 Å². The maximum atomic E-state index is 11.3. The molecular formula is C9H14O4. The Kier molecular flexibility index (Phi) is 3.73. The first kappa shape index (κ1) is 10.0. The predicted molar refractivity (Wildman–Crippen MR) is 44.7 cm³/mol. The number of hydrogen-bond donors (Lipinski definition) is 0. The first-order valence-corrected chi connectivity index (χ1v) is 4.53. The molecule has 0 aromatic heterocycles. The van der Waals surface area contributed by atoms with Crippen molar-refractivity contribution in [2.24, 2.45) is 5.92 Å². The fourth-order valence-corrected chi connectivity index (χ4v) is 1.53. The molecule has 4 nitrogen and oxygen atoms in total. The molecule has 4 heteroatoms. The van der Waals surface area contributed by atoms with Gasteiger partial charge in [0.2, 0.25) is 6.29 Å². The number of carbonyl (C=O) groups excluding carboxylic acids is 2. The van der Waals surface area contributed by atoms with Crippen molar-refractivity contribution in [1.29, 1.82) is 0 Å². The Labute approximate surface area is 77.2 Å². The first-order chi connectivity index (χ1) is 6.24. The molecule has 0 bridgehead atoms. The summed E-state index contributed by atoms with van der Waals surface area (Å²) < 4.78 is 9.33. The van der Waals surface area contributed by atoms with Crippen LogP contribution in [0.1, 0.15) is 32.6 Å². The number of carbonyl (C=O) groups is 2. The second kappa shape index (κ2) is 4.84. The molecule has 0 radical (unpaired) electrons. The van der Waals surface area contributed by atoms with Crippen LogP contribution in [0.5, 0.6) is 0 Å². The number of hydrogen-bond acceptors (Lipinski definition) is 4. The fourth-order valence-electron chi connectivity index (χ4n) is 1.53. The van der Waals surface area contributed by atoms with Crippen molar-refractivity contribution in [2.45, 2.75) is 38.9 Å². The van der Waals surface area contributed by atoms with Gasteiger partial charge in [0.25, 0.3) is 6.47 Å². The van der Waals surface area contributed by atoms with E-state index in [1.54, 1.807) is 0 Å². The van der Waals surface area contributed by atoms with Crippen molar-refractivity contribution in [3.63, 3.8) is 0 Å². The van der Waals surface area contributed by atoms with E-state index in [1.807, 2.05) is 0 Å². The molecule has 0 saturated heterocycles. The Morgan fingerprint density at radius 2 is 2.08 bits per heavy atom. The van der Waals surface area contributed by atoms with Gasteiger partial charge < -0.3 is 9.47 Å². The molecule has 74 valence electrons. The van der Waals surface area contributed by atoms with Crippen LogP contribution >= 0.6 is 0 Å². The van der Waals surface area contributed by atoms with Gasteiger partial charge in [-0.1, -0.05) is 12.8 Å². The molecule has 0 amide bonds.